The van der Waals surface area contributed by atoms with Crippen LogP contribution in [-0.4, -0.2) is 13.0 Å². The van der Waals surface area contributed by atoms with Gasteiger partial charge in [-0.15, -0.1) is 0 Å². The van der Waals surface area contributed by atoms with Gasteiger partial charge in [-0.25, -0.2) is 0 Å². The number of hydrogen-bond acceptors (Lipinski definition) is 2. The zero-order valence-corrected chi connectivity index (χ0v) is 12.1. The van der Waals surface area contributed by atoms with E-state index in [2.05, 4.69) is 5.32 Å². The SMILES string of the molecule is COc1ccccc1[C@@H](C)NC(=O)c1ccc(Cl)cc1. The summed E-state index contributed by atoms with van der Waals surface area (Å²) in [6.07, 6.45) is 0. The van der Waals surface area contributed by atoms with Crippen molar-refractivity contribution in [1.29, 1.82) is 0 Å². The van der Waals surface area contributed by atoms with Crippen molar-refractivity contribution in [3.05, 3.63) is 64.7 Å². The number of carbonyl (C=O) groups excluding carboxylic acids is 1. The molecule has 0 aromatic heterocycles. The number of amides is 1. The normalized spacial score (nSPS) is 11.8. The Balaban J connectivity index is 2.13. The summed E-state index contributed by atoms with van der Waals surface area (Å²) in [6.45, 7) is 1.92. The van der Waals surface area contributed by atoms with Gasteiger partial charge in [-0.3, -0.25) is 4.79 Å². The molecule has 0 aliphatic carbocycles. The monoisotopic (exact) mass is 289 g/mol. The van der Waals surface area contributed by atoms with Gasteiger partial charge in [-0.2, -0.15) is 0 Å². The minimum atomic E-state index is -0.144. The Bertz CT molecular complexity index is 596. The predicted octanol–water partition coefficient (Wildman–Crippen LogP) is 3.84. The molecule has 0 aliphatic rings. The first-order chi connectivity index (χ1) is 9.61. The maximum absolute atomic E-state index is 12.1. The highest BCUT2D eigenvalue weighted by molar-refractivity contribution is 6.30. The summed E-state index contributed by atoms with van der Waals surface area (Å²) in [4.78, 5) is 12.1. The van der Waals surface area contributed by atoms with Crippen LogP contribution in [0.2, 0.25) is 5.02 Å². The zero-order chi connectivity index (χ0) is 14.5. The Morgan fingerprint density at radius 3 is 2.45 bits per heavy atom. The van der Waals surface area contributed by atoms with Crippen LogP contribution < -0.4 is 10.1 Å². The van der Waals surface area contributed by atoms with Crippen LogP contribution in [-0.2, 0) is 0 Å². The van der Waals surface area contributed by atoms with Crippen LogP contribution in [0.15, 0.2) is 48.5 Å². The lowest BCUT2D eigenvalue weighted by Gasteiger charge is -2.17. The minimum Gasteiger partial charge on any atom is -0.496 e. The van der Waals surface area contributed by atoms with E-state index in [4.69, 9.17) is 16.3 Å². The summed E-state index contributed by atoms with van der Waals surface area (Å²) < 4.78 is 5.30. The third-order valence-electron chi connectivity index (χ3n) is 3.06. The maximum atomic E-state index is 12.1. The summed E-state index contributed by atoms with van der Waals surface area (Å²) >= 11 is 5.81. The van der Waals surface area contributed by atoms with Gasteiger partial charge in [0, 0.05) is 16.1 Å². The smallest absolute Gasteiger partial charge is 0.251 e. The van der Waals surface area contributed by atoms with E-state index in [1.807, 2.05) is 31.2 Å². The van der Waals surface area contributed by atoms with Crippen molar-refractivity contribution in [2.75, 3.05) is 7.11 Å². The van der Waals surface area contributed by atoms with Crippen molar-refractivity contribution in [3.63, 3.8) is 0 Å². The molecule has 2 aromatic carbocycles. The summed E-state index contributed by atoms with van der Waals surface area (Å²) in [7, 11) is 1.62. The molecule has 20 heavy (non-hydrogen) atoms. The fourth-order valence-electron chi connectivity index (χ4n) is 1.98. The van der Waals surface area contributed by atoms with Gasteiger partial charge >= 0.3 is 0 Å². The number of rotatable bonds is 4. The van der Waals surface area contributed by atoms with E-state index in [-0.39, 0.29) is 11.9 Å². The van der Waals surface area contributed by atoms with E-state index in [1.165, 1.54) is 0 Å². The number of para-hydroxylation sites is 1. The molecule has 3 nitrogen and oxygen atoms in total. The number of ether oxygens (including phenoxy) is 1. The van der Waals surface area contributed by atoms with Crippen LogP contribution in [0.4, 0.5) is 0 Å². The van der Waals surface area contributed by atoms with E-state index in [1.54, 1.807) is 31.4 Å². The lowest BCUT2D eigenvalue weighted by molar-refractivity contribution is 0.0939. The zero-order valence-electron chi connectivity index (χ0n) is 11.4. The fourth-order valence-corrected chi connectivity index (χ4v) is 2.11. The molecule has 0 aliphatic heterocycles. The number of carbonyl (C=O) groups is 1. The number of nitrogens with one attached hydrogen (secondary N) is 1. The second-order valence-electron chi connectivity index (χ2n) is 4.44. The topological polar surface area (TPSA) is 38.3 Å². The molecule has 0 heterocycles. The van der Waals surface area contributed by atoms with Crippen molar-refractivity contribution in [2.45, 2.75) is 13.0 Å². The van der Waals surface area contributed by atoms with Crippen LogP contribution in [0, 0.1) is 0 Å². The summed E-state index contributed by atoms with van der Waals surface area (Å²) in [5.74, 6) is 0.622. The summed E-state index contributed by atoms with van der Waals surface area (Å²) in [5.41, 5.74) is 1.52. The second-order valence-corrected chi connectivity index (χ2v) is 4.88. The first kappa shape index (κ1) is 14.4. The van der Waals surface area contributed by atoms with Crippen LogP contribution in [0.3, 0.4) is 0 Å². The highest BCUT2D eigenvalue weighted by atomic mass is 35.5. The van der Waals surface area contributed by atoms with Crippen molar-refractivity contribution in [2.24, 2.45) is 0 Å². The Morgan fingerprint density at radius 1 is 1.15 bits per heavy atom. The van der Waals surface area contributed by atoms with Crippen molar-refractivity contribution >= 4 is 17.5 Å². The number of halogens is 1. The van der Waals surface area contributed by atoms with Gasteiger partial charge in [0.25, 0.3) is 5.91 Å². The second kappa shape index (κ2) is 6.44. The molecule has 0 spiro atoms. The fraction of sp³-hybridized carbons (Fsp3) is 0.188. The third kappa shape index (κ3) is 3.31. The number of methoxy groups -OCH3 is 1. The molecule has 2 rings (SSSR count). The average Bonchev–Trinajstić information content (AvgIpc) is 2.47. The molecule has 0 saturated carbocycles. The maximum Gasteiger partial charge on any atom is 0.251 e. The Morgan fingerprint density at radius 2 is 1.80 bits per heavy atom. The first-order valence-corrected chi connectivity index (χ1v) is 6.69. The molecule has 2 aromatic rings. The van der Waals surface area contributed by atoms with E-state index < -0.39 is 0 Å². The predicted molar refractivity (Wildman–Crippen MR) is 80.3 cm³/mol. The Labute approximate surface area is 123 Å². The molecule has 0 bridgehead atoms. The summed E-state index contributed by atoms with van der Waals surface area (Å²) in [5, 5.41) is 3.56. The van der Waals surface area contributed by atoms with Gasteiger partial charge in [0.15, 0.2) is 0 Å². The molecule has 1 amide bonds. The minimum absolute atomic E-state index is 0.139. The Kier molecular flexibility index (Phi) is 4.64. The number of benzene rings is 2. The van der Waals surface area contributed by atoms with Gasteiger partial charge < -0.3 is 10.1 Å². The lowest BCUT2D eigenvalue weighted by atomic mass is 10.1. The van der Waals surface area contributed by atoms with Gasteiger partial charge in [-0.05, 0) is 37.3 Å². The largest absolute Gasteiger partial charge is 0.496 e. The molecular formula is C16H16ClNO2. The molecule has 1 atom stereocenters. The third-order valence-corrected chi connectivity index (χ3v) is 3.31. The molecule has 0 radical (unpaired) electrons. The van der Waals surface area contributed by atoms with Crippen LogP contribution in [0.5, 0.6) is 5.75 Å². The van der Waals surface area contributed by atoms with Gasteiger partial charge in [0.2, 0.25) is 0 Å². The first-order valence-electron chi connectivity index (χ1n) is 6.31. The summed E-state index contributed by atoms with van der Waals surface area (Å²) in [6, 6.07) is 14.3. The van der Waals surface area contributed by atoms with Crippen LogP contribution in [0.1, 0.15) is 28.9 Å². The molecule has 104 valence electrons. The molecule has 1 N–H and O–H groups in total. The standard InChI is InChI=1S/C16H16ClNO2/c1-11(14-5-3-4-6-15(14)20-2)18-16(19)12-7-9-13(17)10-8-12/h3-11H,1-2H3,(H,18,19)/t11-/m1/s1. The van der Waals surface area contributed by atoms with Crippen LogP contribution in [0.25, 0.3) is 0 Å². The molecule has 4 heteroatoms. The van der Waals surface area contributed by atoms with Crippen molar-refractivity contribution in [3.8, 4) is 5.75 Å². The molecule has 0 unspecified atom stereocenters. The van der Waals surface area contributed by atoms with Gasteiger partial charge in [0.1, 0.15) is 5.75 Å². The van der Waals surface area contributed by atoms with E-state index >= 15 is 0 Å². The van der Waals surface area contributed by atoms with E-state index in [9.17, 15) is 4.79 Å². The van der Waals surface area contributed by atoms with E-state index in [0.29, 0.717) is 10.6 Å². The van der Waals surface area contributed by atoms with Crippen LogP contribution >= 0.6 is 11.6 Å². The van der Waals surface area contributed by atoms with Crippen molar-refractivity contribution in [1.82, 2.24) is 5.32 Å². The Hall–Kier alpha value is -2.00. The van der Waals surface area contributed by atoms with Gasteiger partial charge in [-0.1, -0.05) is 29.8 Å². The molecule has 0 fully saturated rings. The highest BCUT2D eigenvalue weighted by Crippen LogP contribution is 2.24. The van der Waals surface area contributed by atoms with Gasteiger partial charge in [0.05, 0.1) is 13.2 Å². The highest BCUT2D eigenvalue weighted by Gasteiger charge is 2.14. The molecule has 0 saturated heterocycles. The molecular weight excluding hydrogens is 274 g/mol. The number of hydrogen-bond donors (Lipinski definition) is 1. The quantitative estimate of drug-likeness (QED) is 0.929. The lowest BCUT2D eigenvalue weighted by Crippen LogP contribution is -2.26. The van der Waals surface area contributed by atoms with Crippen molar-refractivity contribution < 1.29 is 9.53 Å². The van der Waals surface area contributed by atoms with E-state index in [0.717, 1.165) is 11.3 Å². The average molecular weight is 290 g/mol.